The molecule has 0 radical (unpaired) electrons. The summed E-state index contributed by atoms with van der Waals surface area (Å²) in [6.45, 7) is 0. The third kappa shape index (κ3) is 1500. The van der Waals surface area contributed by atoms with E-state index >= 15 is 0 Å². The van der Waals surface area contributed by atoms with E-state index in [1.54, 1.807) is 0 Å². The van der Waals surface area contributed by atoms with E-state index in [4.69, 9.17) is 46.4 Å². The maximum atomic E-state index is 4.83. The van der Waals surface area contributed by atoms with E-state index in [0.717, 1.165) is 0 Å². The quantitative estimate of drug-likeness (QED) is 0.468. The SMILES string of the molecule is ClC(Cl)(Cl)Cl.F.F.F.F.F.F. The Hall–Kier alpha value is 0.740. The molecule has 0 rings (SSSR count). The third-order valence-electron chi connectivity index (χ3n) is 0. The molecule has 0 aliphatic heterocycles. The Morgan fingerprint density at radius 1 is 0.455 bits per heavy atom. The molecule has 0 saturated heterocycles. The van der Waals surface area contributed by atoms with Gasteiger partial charge in [-0.05, 0) is 0 Å². The minimum Gasteiger partial charge on any atom is -0.269 e. The molecule has 0 aliphatic carbocycles. The maximum absolute atomic E-state index is 4.83. The normalized spacial score (nSPS) is 5.45. The van der Waals surface area contributed by atoms with E-state index < -0.39 is 3.25 Å². The van der Waals surface area contributed by atoms with Crippen LogP contribution in [0.5, 0.6) is 0 Å². The summed E-state index contributed by atoms with van der Waals surface area (Å²) in [5.74, 6) is 0. The van der Waals surface area contributed by atoms with Gasteiger partial charge in [-0.1, -0.05) is 46.4 Å². The third-order valence-corrected chi connectivity index (χ3v) is 0. The van der Waals surface area contributed by atoms with Crippen molar-refractivity contribution in [2.45, 2.75) is 3.25 Å². The van der Waals surface area contributed by atoms with E-state index in [-0.39, 0.29) is 28.2 Å². The Kier molecular flexibility index (Phi) is 123. The Bertz CT molecular complexity index is 30.1. The van der Waals surface area contributed by atoms with Crippen LogP contribution < -0.4 is 0 Å². The molecule has 0 aromatic carbocycles. The summed E-state index contributed by atoms with van der Waals surface area (Å²) >= 11 is 19.3. The summed E-state index contributed by atoms with van der Waals surface area (Å²) in [5.41, 5.74) is 0. The second-order valence-corrected chi connectivity index (χ2v) is 3.86. The number of rotatable bonds is 0. The zero-order chi connectivity index (χ0) is 4.50. The number of halogens is 10. The Balaban J connectivity index is -0.00000000533. The van der Waals surface area contributed by atoms with E-state index in [2.05, 4.69) is 0 Å². The lowest BCUT2D eigenvalue weighted by molar-refractivity contribution is 1.11. The Morgan fingerprint density at radius 3 is 0.455 bits per heavy atom. The first-order valence-electron chi connectivity index (χ1n) is 0.756. The zero-order valence-corrected chi connectivity index (χ0v) is 7.49. The fourth-order valence-electron chi connectivity index (χ4n) is 0. The van der Waals surface area contributed by atoms with Crippen LogP contribution in [0.2, 0.25) is 0 Å². The lowest BCUT2D eigenvalue weighted by Gasteiger charge is -1.91. The van der Waals surface area contributed by atoms with Crippen LogP contribution in [0.3, 0.4) is 0 Å². The molecule has 0 aromatic rings. The van der Waals surface area contributed by atoms with Gasteiger partial charge in [-0.2, -0.15) is 0 Å². The maximum Gasteiger partial charge on any atom is 0.266 e. The van der Waals surface area contributed by atoms with Gasteiger partial charge < -0.3 is 0 Å². The van der Waals surface area contributed by atoms with Crippen molar-refractivity contribution in [1.29, 1.82) is 0 Å². The van der Waals surface area contributed by atoms with Crippen LogP contribution in [0.4, 0.5) is 28.2 Å². The number of hydrogen-bond acceptors (Lipinski definition) is 0. The van der Waals surface area contributed by atoms with Crippen LogP contribution in [0.1, 0.15) is 0 Å². The van der Waals surface area contributed by atoms with Crippen molar-refractivity contribution in [3.8, 4) is 0 Å². The highest BCUT2D eigenvalue weighted by Gasteiger charge is 2.11. The molecular formula is CH6Cl4F6. The molecule has 0 unspecified atom stereocenters. The molecule has 80 valence electrons. The van der Waals surface area contributed by atoms with Crippen molar-refractivity contribution < 1.29 is 28.2 Å². The van der Waals surface area contributed by atoms with E-state index in [9.17, 15) is 0 Å². The summed E-state index contributed by atoms with van der Waals surface area (Å²) in [6.07, 6.45) is 0. The van der Waals surface area contributed by atoms with E-state index in [1.165, 1.54) is 0 Å². The van der Waals surface area contributed by atoms with E-state index in [0.29, 0.717) is 0 Å². The molecule has 0 amide bonds. The molecular weight excluding hydrogens is 268 g/mol. The molecule has 0 aliphatic rings. The smallest absolute Gasteiger partial charge is 0.266 e. The fraction of sp³-hybridized carbons (Fsp3) is 1.00. The highest BCUT2D eigenvalue weighted by molar-refractivity contribution is 6.83. The highest BCUT2D eigenvalue weighted by atomic mass is 35.6. The van der Waals surface area contributed by atoms with Gasteiger partial charge in [0.1, 0.15) is 0 Å². The molecule has 10 heteroatoms. The molecule has 11 heavy (non-hydrogen) atoms. The van der Waals surface area contributed by atoms with E-state index in [1.807, 2.05) is 0 Å². The first kappa shape index (κ1) is 60.3. The van der Waals surface area contributed by atoms with Gasteiger partial charge in [-0.25, -0.2) is 0 Å². The minimum absolute atomic E-state index is 0. The lowest BCUT2D eigenvalue weighted by Crippen LogP contribution is -1.81. The monoisotopic (exact) mass is 272 g/mol. The molecule has 0 atom stereocenters. The molecule has 0 bridgehead atoms. The fourth-order valence-corrected chi connectivity index (χ4v) is 0. The van der Waals surface area contributed by atoms with Crippen LogP contribution in [-0.2, 0) is 0 Å². The first-order valence-corrected chi connectivity index (χ1v) is 2.27. The van der Waals surface area contributed by atoms with Crippen LogP contribution in [0, 0.1) is 0 Å². The van der Waals surface area contributed by atoms with Gasteiger partial charge in [0.25, 0.3) is 3.25 Å². The first-order chi connectivity index (χ1) is 2.00. The van der Waals surface area contributed by atoms with Crippen molar-refractivity contribution in [3.05, 3.63) is 0 Å². The van der Waals surface area contributed by atoms with Gasteiger partial charge in [0.05, 0.1) is 0 Å². The number of alkyl halides is 4. The van der Waals surface area contributed by atoms with Gasteiger partial charge in [0, 0.05) is 0 Å². The van der Waals surface area contributed by atoms with Crippen molar-refractivity contribution in [2.24, 2.45) is 0 Å². The van der Waals surface area contributed by atoms with Gasteiger partial charge in [-0.15, -0.1) is 0 Å². The Labute approximate surface area is 78.3 Å². The lowest BCUT2D eigenvalue weighted by atomic mass is 11.8. The number of hydrogen-bond donors (Lipinski definition) is 0. The van der Waals surface area contributed by atoms with Crippen molar-refractivity contribution >= 4 is 46.4 Å². The topological polar surface area (TPSA) is 0 Å². The molecule has 0 spiro atoms. The van der Waals surface area contributed by atoms with Gasteiger partial charge in [0.15, 0.2) is 0 Å². The summed E-state index contributed by atoms with van der Waals surface area (Å²) in [4.78, 5) is 0. The second-order valence-electron chi connectivity index (χ2n) is 0.429. The molecule has 0 aromatic heterocycles. The summed E-state index contributed by atoms with van der Waals surface area (Å²) in [6, 6.07) is 0. The van der Waals surface area contributed by atoms with Crippen LogP contribution in [0.15, 0.2) is 0 Å². The Morgan fingerprint density at radius 2 is 0.455 bits per heavy atom. The standard InChI is InChI=1S/CCl4.6FH/c2-1(3,4)5;;;;;;/h;6*1H. The second kappa shape index (κ2) is 22.4. The highest BCUT2D eigenvalue weighted by Crippen LogP contribution is 2.29. The van der Waals surface area contributed by atoms with Crippen LogP contribution in [0.25, 0.3) is 0 Å². The largest absolute Gasteiger partial charge is 0.269 e. The van der Waals surface area contributed by atoms with Gasteiger partial charge >= 0.3 is 0 Å². The summed E-state index contributed by atoms with van der Waals surface area (Å²) < 4.78 is -1.61. The average molecular weight is 274 g/mol. The zero-order valence-electron chi connectivity index (χ0n) is 4.46. The summed E-state index contributed by atoms with van der Waals surface area (Å²) in [7, 11) is 0. The summed E-state index contributed by atoms with van der Waals surface area (Å²) in [5, 5.41) is 0. The van der Waals surface area contributed by atoms with Gasteiger partial charge in [-0.3, -0.25) is 28.2 Å². The predicted octanol–water partition coefficient (Wildman–Crippen LogP) is 3.47. The molecule has 0 nitrogen and oxygen atoms in total. The van der Waals surface area contributed by atoms with Crippen molar-refractivity contribution in [2.75, 3.05) is 0 Å². The molecule has 0 fully saturated rings. The van der Waals surface area contributed by atoms with Crippen molar-refractivity contribution in [1.82, 2.24) is 0 Å². The molecule has 0 heterocycles. The predicted molar refractivity (Wildman–Crippen MR) is 41.2 cm³/mol. The minimum atomic E-state index is -1.61. The van der Waals surface area contributed by atoms with Crippen LogP contribution >= 0.6 is 46.4 Å². The average Bonchev–Trinajstić information content (AvgIpc) is 0.722. The molecule has 0 saturated carbocycles. The van der Waals surface area contributed by atoms with Crippen LogP contribution in [-0.4, -0.2) is 3.25 Å². The van der Waals surface area contributed by atoms with Crippen molar-refractivity contribution in [3.63, 3.8) is 0 Å². The van der Waals surface area contributed by atoms with Gasteiger partial charge in [0.2, 0.25) is 0 Å². The molecule has 0 N–H and O–H groups in total.